The monoisotopic (exact) mass is 316 g/mol. The van der Waals surface area contributed by atoms with Crippen molar-refractivity contribution in [2.45, 2.75) is 33.3 Å². The Balaban J connectivity index is 2.19. The number of hydrogen-bond donors (Lipinski definition) is 1. The third-order valence-electron chi connectivity index (χ3n) is 3.47. The second kappa shape index (κ2) is 7.58. The number of ether oxygens (including phenoxy) is 1. The quantitative estimate of drug-likeness (QED) is 0.827. The van der Waals surface area contributed by atoms with Crippen LogP contribution in [0.4, 0.5) is 5.82 Å². The second-order valence-corrected chi connectivity index (χ2v) is 5.35. The molecule has 1 aromatic carbocycles. The predicted molar refractivity (Wildman–Crippen MR) is 84.6 cm³/mol. The fourth-order valence-electron chi connectivity index (χ4n) is 1.92. The van der Waals surface area contributed by atoms with Crippen molar-refractivity contribution in [2.24, 2.45) is 5.92 Å². The summed E-state index contributed by atoms with van der Waals surface area (Å²) in [4.78, 5) is 24.6. The minimum Gasteiger partial charge on any atom is -0.447 e. The van der Waals surface area contributed by atoms with Gasteiger partial charge in [0.15, 0.2) is 5.82 Å². The zero-order valence-corrected chi connectivity index (χ0v) is 13.4. The van der Waals surface area contributed by atoms with E-state index in [1.165, 1.54) is 0 Å². The van der Waals surface area contributed by atoms with E-state index in [4.69, 9.17) is 9.26 Å². The van der Waals surface area contributed by atoms with Gasteiger partial charge in [0, 0.05) is 11.6 Å². The maximum atomic E-state index is 12.5. The maximum absolute atomic E-state index is 12.5. The van der Waals surface area contributed by atoms with Gasteiger partial charge in [-0.15, -0.1) is 0 Å². The number of anilines is 1. The lowest BCUT2D eigenvalue weighted by Crippen LogP contribution is -2.28. The van der Waals surface area contributed by atoms with E-state index in [-0.39, 0.29) is 11.7 Å². The molecule has 122 valence electrons. The summed E-state index contributed by atoms with van der Waals surface area (Å²) >= 11 is 0. The van der Waals surface area contributed by atoms with E-state index >= 15 is 0 Å². The Kier molecular flexibility index (Phi) is 5.51. The molecule has 2 aromatic rings. The van der Waals surface area contributed by atoms with Crippen LogP contribution in [0.5, 0.6) is 0 Å². The van der Waals surface area contributed by atoms with Gasteiger partial charge in [0.2, 0.25) is 6.10 Å². The van der Waals surface area contributed by atoms with E-state index in [0.29, 0.717) is 17.7 Å². The number of esters is 1. The Morgan fingerprint density at radius 1 is 1.30 bits per heavy atom. The number of nitrogens with zero attached hydrogens (tertiary/aromatic N) is 1. The molecular formula is C17H20N2O4. The average Bonchev–Trinajstić information content (AvgIpc) is 2.97. The van der Waals surface area contributed by atoms with Gasteiger partial charge in [-0.2, -0.15) is 0 Å². The maximum Gasteiger partial charge on any atom is 0.309 e. The first-order valence-corrected chi connectivity index (χ1v) is 7.51. The minimum absolute atomic E-state index is 0.275. The van der Waals surface area contributed by atoms with E-state index in [9.17, 15) is 9.59 Å². The van der Waals surface area contributed by atoms with Crippen molar-refractivity contribution in [1.29, 1.82) is 0 Å². The van der Waals surface area contributed by atoms with E-state index in [0.717, 1.165) is 0 Å². The molecular weight excluding hydrogens is 296 g/mol. The number of hydrogen-bond acceptors (Lipinski definition) is 5. The lowest BCUT2D eigenvalue weighted by Gasteiger charge is -2.19. The molecule has 1 heterocycles. The first-order chi connectivity index (χ1) is 11.0. The Hall–Kier alpha value is -2.63. The molecule has 2 atom stereocenters. The third-order valence-corrected chi connectivity index (χ3v) is 3.47. The highest BCUT2D eigenvalue weighted by atomic mass is 16.5. The van der Waals surface area contributed by atoms with Gasteiger partial charge < -0.3 is 14.6 Å². The number of aryl methyl sites for hydroxylation is 1. The number of carbonyl (C=O) groups excluding carboxylic acids is 2. The number of amides is 1. The predicted octanol–water partition coefficient (Wildman–Crippen LogP) is 3.25. The van der Waals surface area contributed by atoms with Crippen molar-refractivity contribution in [2.75, 3.05) is 5.32 Å². The SMILES string of the molecule is CCC(C)C(=O)OC(C(=O)Nc1cc(C)on1)c1ccccc1. The van der Waals surface area contributed by atoms with Crippen molar-refractivity contribution >= 4 is 17.7 Å². The second-order valence-electron chi connectivity index (χ2n) is 5.35. The lowest BCUT2D eigenvalue weighted by molar-refractivity contribution is -0.158. The van der Waals surface area contributed by atoms with Crippen molar-refractivity contribution in [3.8, 4) is 0 Å². The molecule has 0 radical (unpaired) electrons. The largest absolute Gasteiger partial charge is 0.447 e. The Morgan fingerprint density at radius 2 is 2.00 bits per heavy atom. The normalized spacial score (nSPS) is 13.2. The molecule has 0 aliphatic heterocycles. The van der Waals surface area contributed by atoms with Crippen LogP contribution in [-0.4, -0.2) is 17.0 Å². The summed E-state index contributed by atoms with van der Waals surface area (Å²) in [5, 5.41) is 6.32. The summed E-state index contributed by atoms with van der Waals surface area (Å²) in [5.74, 6) is -0.293. The molecule has 1 N–H and O–H groups in total. The fourth-order valence-corrected chi connectivity index (χ4v) is 1.92. The average molecular weight is 316 g/mol. The van der Waals surface area contributed by atoms with E-state index in [1.54, 1.807) is 44.2 Å². The van der Waals surface area contributed by atoms with Gasteiger partial charge in [-0.05, 0) is 13.3 Å². The van der Waals surface area contributed by atoms with Crippen LogP contribution in [0.2, 0.25) is 0 Å². The summed E-state index contributed by atoms with van der Waals surface area (Å²) in [6.45, 7) is 5.38. The molecule has 6 heteroatoms. The van der Waals surface area contributed by atoms with Crippen LogP contribution in [0.1, 0.15) is 37.7 Å². The van der Waals surface area contributed by atoms with Gasteiger partial charge in [0.25, 0.3) is 5.91 Å². The van der Waals surface area contributed by atoms with Crippen molar-refractivity contribution in [3.05, 3.63) is 47.7 Å². The van der Waals surface area contributed by atoms with Gasteiger partial charge in [0.1, 0.15) is 5.76 Å². The highest BCUT2D eigenvalue weighted by molar-refractivity contribution is 5.95. The topological polar surface area (TPSA) is 81.4 Å². The van der Waals surface area contributed by atoms with Crippen LogP contribution in [0.15, 0.2) is 40.9 Å². The molecule has 0 saturated carbocycles. The molecule has 2 unspecified atom stereocenters. The molecule has 0 aliphatic rings. The number of rotatable bonds is 6. The molecule has 1 aromatic heterocycles. The standard InChI is InChI=1S/C17H20N2O4/c1-4-11(2)17(21)22-15(13-8-6-5-7-9-13)16(20)18-14-10-12(3)23-19-14/h5-11,15H,4H2,1-3H3,(H,18,19,20). The molecule has 0 spiro atoms. The van der Waals surface area contributed by atoms with Gasteiger partial charge in [0.05, 0.1) is 5.92 Å². The number of benzene rings is 1. The van der Waals surface area contributed by atoms with Gasteiger partial charge in [-0.1, -0.05) is 49.3 Å². The zero-order valence-electron chi connectivity index (χ0n) is 13.4. The zero-order chi connectivity index (χ0) is 16.8. The summed E-state index contributed by atoms with van der Waals surface area (Å²) in [6.07, 6.45) is -0.389. The summed E-state index contributed by atoms with van der Waals surface area (Å²) < 4.78 is 10.3. The Labute approximate surface area is 134 Å². The van der Waals surface area contributed by atoms with Crippen LogP contribution in [0.3, 0.4) is 0 Å². The van der Waals surface area contributed by atoms with E-state index in [2.05, 4.69) is 10.5 Å². The minimum atomic E-state index is -1.03. The summed E-state index contributed by atoms with van der Waals surface area (Å²) in [5.41, 5.74) is 0.599. The molecule has 23 heavy (non-hydrogen) atoms. The number of carbonyl (C=O) groups is 2. The molecule has 0 aliphatic carbocycles. The molecule has 0 bridgehead atoms. The number of aromatic nitrogens is 1. The van der Waals surface area contributed by atoms with Gasteiger partial charge >= 0.3 is 5.97 Å². The molecule has 0 fully saturated rings. The Bertz CT molecular complexity index is 666. The molecule has 1 amide bonds. The molecule has 6 nitrogen and oxygen atoms in total. The first-order valence-electron chi connectivity index (χ1n) is 7.51. The molecule has 2 rings (SSSR count). The van der Waals surface area contributed by atoms with Crippen LogP contribution in [0.25, 0.3) is 0 Å². The van der Waals surface area contributed by atoms with Crippen molar-refractivity contribution in [1.82, 2.24) is 5.16 Å². The highest BCUT2D eigenvalue weighted by Crippen LogP contribution is 2.22. The van der Waals surface area contributed by atoms with E-state index < -0.39 is 18.0 Å². The third kappa shape index (κ3) is 4.42. The van der Waals surface area contributed by atoms with Gasteiger partial charge in [-0.3, -0.25) is 9.59 Å². The lowest BCUT2D eigenvalue weighted by atomic mass is 10.1. The van der Waals surface area contributed by atoms with Crippen LogP contribution >= 0.6 is 0 Å². The smallest absolute Gasteiger partial charge is 0.309 e. The van der Waals surface area contributed by atoms with Crippen LogP contribution < -0.4 is 5.32 Å². The fraction of sp³-hybridized carbons (Fsp3) is 0.353. The first kappa shape index (κ1) is 16.7. The van der Waals surface area contributed by atoms with Crippen molar-refractivity contribution < 1.29 is 18.8 Å². The highest BCUT2D eigenvalue weighted by Gasteiger charge is 2.27. The van der Waals surface area contributed by atoms with Gasteiger partial charge in [-0.25, -0.2) is 0 Å². The van der Waals surface area contributed by atoms with Crippen LogP contribution in [0, 0.1) is 12.8 Å². The molecule has 0 saturated heterocycles. The summed E-state index contributed by atoms with van der Waals surface area (Å²) in [7, 11) is 0. The van der Waals surface area contributed by atoms with Crippen molar-refractivity contribution in [3.63, 3.8) is 0 Å². The van der Waals surface area contributed by atoms with Crippen LogP contribution in [-0.2, 0) is 14.3 Å². The van der Waals surface area contributed by atoms with E-state index in [1.807, 2.05) is 13.0 Å². The number of nitrogens with one attached hydrogen (secondary N) is 1. The summed E-state index contributed by atoms with van der Waals surface area (Å²) in [6, 6.07) is 10.5. The Morgan fingerprint density at radius 3 is 2.57 bits per heavy atom.